The molecule has 4 heterocycles. The SMILES string of the molecule is CC12C=CC=CC1=CC1(C)C3=C2N(c2ccccc2)CCN3C(=O)c2c1nc1occn21. The zero-order chi connectivity index (χ0) is 21.7. The Labute approximate surface area is 185 Å². The Balaban J connectivity index is 1.59. The molecular formula is C26H22N4O2. The highest BCUT2D eigenvalue weighted by molar-refractivity contribution is 5.99. The van der Waals surface area contributed by atoms with Gasteiger partial charge in [0.15, 0.2) is 0 Å². The summed E-state index contributed by atoms with van der Waals surface area (Å²) in [4.78, 5) is 23.0. The normalized spacial score (nSPS) is 28.1. The van der Waals surface area contributed by atoms with Crippen LogP contribution in [-0.4, -0.2) is 33.3 Å². The summed E-state index contributed by atoms with van der Waals surface area (Å²) in [6.45, 7) is 5.78. The van der Waals surface area contributed by atoms with Crippen molar-refractivity contribution in [3.8, 4) is 0 Å². The molecule has 0 fully saturated rings. The summed E-state index contributed by atoms with van der Waals surface area (Å²) in [7, 11) is 0. The first kappa shape index (κ1) is 17.8. The largest absolute Gasteiger partial charge is 0.432 e. The number of oxazole rings is 1. The molecule has 1 amide bonds. The number of allylic oxidation sites excluding steroid dienone is 5. The van der Waals surface area contributed by atoms with Crippen LogP contribution in [0.1, 0.15) is 30.0 Å². The second-order valence-electron chi connectivity index (χ2n) is 9.23. The van der Waals surface area contributed by atoms with Gasteiger partial charge in [0.2, 0.25) is 0 Å². The monoisotopic (exact) mass is 422 g/mol. The highest BCUT2D eigenvalue weighted by atomic mass is 16.3. The van der Waals surface area contributed by atoms with E-state index in [4.69, 9.17) is 9.40 Å². The van der Waals surface area contributed by atoms with Crippen molar-refractivity contribution >= 4 is 17.4 Å². The minimum Gasteiger partial charge on any atom is -0.432 e. The van der Waals surface area contributed by atoms with E-state index in [0.29, 0.717) is 18.1 Å². The quantitative estimate of drug-likeness (QED) is 0.582. The van der Waals surface area contributed by atoms with E-state index in [2.05, 4.69) is 73.4 Å². The van der Waals surface area contributed by atoms with Gasteiger partial charge in [0, 0.05) is 25.0 Å². The van der Waals surface area contributed by atoms with E-state index in [-0.39, 0.29) is 11.3 Å². The van der Waals surface area contributed by atoms with E-state index in [0.717, 1.165) is 29.3 Å². The number of aromatic nitrogens is 2. The summed E-state index contributed by atoms with van der Waals surface area (Å²) in [5.41, 5.74) is 5.01. The lowest BCUT2D eigenvalue weighted by atomic mass is 9.62. The van der Waals surface area contributed by atoms with Crippen LogP contribution in [0.25, 0.3) is 5.84 Å². The van der Waals surface area contributed by atoms with Gasteiger partial charge < -0.3 is 14.2 Å². The topological polar surface area (TPSA) is 54.0 Å². The van der Waals surface area contributed by atoms with Crippen molar-refractivity contribution in [2.45, 2.75) is 19.3 Å². The van der Waals surface area contributed by atoms with Crippen LogP contribution in [0.15, 0.2) is 94.6 Å². The Morgan fingerprint density at radius 2 is 1.78 bits per heavy atom. The number of amides is 1. The molecule has 7 rings (SSSR count). The van der Waals surface area contributed by atoms with E-state index in [9.17, 15) is 4.79 Å². The molecule has 3 aromatic rings. The molecule has 0 spiro atoms. The molecule has 2 atom stereocenters. The van der Waals surface area contributed by atoms with Crippen molar-refractivity contribution in [2.75, 3.05) is 18.0 Å². The van der Waals surface area contributed by atoms with Gasteiger partial charge in [0.05, 0.1) is 27.9 Å². The number of para-hydroxylation sites is 1. The molecule has 0 saturated heterocycles. The Morgan fingerprint density at radius 1 is 1.00 bits per heavy atom. The second-order valence-corrected chi connectivity index (χ2v) is 9.23. The van der Waals surface area contributed by atoms with Crippen LogP contribution in [0.3, 0.4) is 0 Å². The highest BCUT2D eigenvalue weighted by Crippen LogP contribution is 2.57. The molecule has 2 aromatic heterocycles. The van der Waals surface area contributed by atoms with E-state index < -0.39 is 5.41 Å². The van der Waals surface area contributed by atoms with Crippen molar-refractivity contribution in [3.63, 3.8) is 0 Å². The predicted molar refractivity (Wildman–Crippen MR) is 121 cm³/mol. The number of hydrogen-bond donors (Lipinski definition) is 0. The fourth-order valence-electron chi connectivity index (χ4n) is 5.93. The summed E-state index contributed by atoms with van der Waals surface area (Å²) < 4.78 is 7.36. The molecule has 0 saturated carbocycles. The molecule has 4 aliphatic rings. The Morgan fingerprint density at radius 3 is 2.62 bits per heavy atom. The van der Waals surface area contributed by atoms with Crippen molar-refractivity contribution in [1.29, 1.82) is 0 Å². The maximum atomic E-state index is 13.8. The first-order chi connectivity index (χ1) is 15.5. The van der Waals surface area contributed by atoms with Crippen LogP contribution in [0.2, 0.25) is 0 Å². The number of imidazole rings is 1. The average molecular weight is 422 g/mol. The molecule has 0 bridgehead atoms. The van der Waals surface area contributed by atoms with Crippen molar-refractivity contribution in [1.82, 2.24) is 14.3 Å². The van der Waals surface area contributed by atoms with Gasteiger partial charge in [-0.15, -0.1) is 0 Å². The maximum absolute atomic E-state index is 13.8. The number of fused-ring (bicyclic) bond motifs is 6. The molecule has 6 nitrogen and oxygen atoms in total. The lowest BCUT2D eigenvalue weighted by Gasteiger charge is -2.55. The first-order valence-electron chi connectivity index (χ1n) is 11.0. The number of rotatable bonds is 1. The van der Waals surface area contributed by atoms with Gasteiger partial charge in [-0.25, -0.2) is 0 Å². The molecule has 32 heavy (non-hydrogen) atoms. The lowest BCUT2D eigenvalue weighted by molar-refractivity contribution is 0.0745. The summed E-state index contributed by atoms with van der Waals surface area (Å²) >= 11 is 0. The number of benzene rings is 1. The van der Waals surface area contributed by atoms with E-state index in [1.165, 1.54) is 5.57 Å². The van der Waals surface area contributed by atoms with Crippen molar-refractivity contribution in [3.05, 3.63) is 102 Å². The summed E-state index contributed by atoms with van der Waals surface area (Å²) in [5.74, 6) is 0.444. The molecule has 2 aliphatic heterocycles. The third kappa shape index (κ3) is 1.96. The molecule has 0 radical (unpaired) electrons. The molecule has 2 unspecified atom stereocenters. The van der Waals surface area contributed by atoms with Gasteiger partial charge in [0.1, 0.15) is 12.0 Å². The molecular weight excluding hydrogens is 400 g/mol. The molecule has 6 heteroatoms. The summed E-state index contributed by atoms with van der Waals surface area (Å²) in [6, 6.07) is 10.5. The second kappa shape index (κ2) is 5.71. The minimum absolute atomic E-state index is 0.0117. The van der Waals surface area contributed by atoms with Crippen LogP contribution in [0.4, 0.5) is 5.69 Å². The van der Waals surface area contributed by atoms with E-state index in [1.54, 1.807) is 16.9 Å². The van der Waals surface area contributed by atoms with Gasteiger partial charge in [-0.05, 0) is 31.6 Å². The summed E-state index contributed by atoms with van der Waals surface area (Å²) in [5, 5.41) is 0. The van der Waals surface area contributed by atoms with Crippen LogP contribution < -0.4 is 4.90 Å². The highest BCUT2D eigenvalue weighted by Gasteiger charge is 2.56. The van der Waals surface area contributed by atoms with Gasteiger partial charge in [-0.3, -0.25) is 9.20 Å². The van der Waals surface area contributed by atoms with Gasteiger partial charge >= 0.3 is 5.84 Å². The lowest BCUT2D eigenvalue weighted by Crippen LogP contribution is -2.57. The zero-order valence-corrected chi connectivity index (χ0v) is 17.9. The molecule has 2 aliphatic carbocycles. The molecule has 158 valence electrons. The van der Waals surface area contributed by atoms with Gasteiger partial charge in [0.25, 0.3) is 5.91 Å². The number of carbonyl (C=O) groups excluding carboxylic acids is 1. The van der Waals surface area contributed by atoms with Crippen LogP contribution in [0, 0.1) is 5.41 Å². The Kier molecular flexibility index (Phi) is 3.18. The maximum Gasteiger partial charge on any atom is 0.306 e. The number of nitrogens with zero attached hydrogens (tertiary/aromatic N) is 4. The number of hydrogen-bond acceptors (Lipinski definition) is 4. The molecule has 1 aromatic carbocycles. The van der Waals surface area contributed by atoms with Crippen molar-refractivity contribution in [2.24, 2.45) is 5.41 Å². The average Bonchev–Trinajstić information content (AvgIpc) is 3.41. The minimum atomic E-state index is -0.551. The first-order valence-corrected chi connectivity index (χ1v) is 11.0. The standard InChI is InChI=1S/C26H22N4O2/c1-25-11-7-6-8-17(25)16-26(2)20-19(29-14-15-32-24(29)27-20)23(31)30-13-12-28(21(25)22(26)30)18-9-4-3-5-10-18/h3-11,14-16H,12-13H2,1-2H3. The third-order valence-electron chi connectivity index (χ3n) is 7.43. The third-order valence-corrected chi connectivity index (χ3v) is 7.43. The van der Waals surface area contributed by atoms with Gasteiger partial charge in [-0.2, -0.15) is 4.98 Å². The number of carbonyl (C=O) groups is 1. The smallest absolute Gasteiger partial charge is 0.306 e. The van der Waals surface area contributed by atoms with E-state index >= 15 is 0 Å². The number of anilines is 1. The molecule has 0 N–H and O–H groups in total. The van der Waals surface area contributed by atoms with Crippen LogP contribution in [0.5, 0.6) is 0 Å². The fraction of sp³-hybridized carbons (Fsp3) is 0.231. The predicted octanol–water partition coefficient (Wildman–Crippen LogP) is 4.44. The Bertz CT molecular complexity index is 1440. The zero-order valence-electron chi connectivity index (χ0n) is 17.9. The van der Waals surface area contributed by atoms with Gasteiger partial charge in [-0.1, -0.05) is 48.6 Å². The Hall–Kier alpha value is -3.80. The van der Waals surface area contributed by atoms with Crippen LogP contribution >= 0.6 is 0 Å². The van der Waals surface area contributed by atoms with Crippen molar-refractivity contribution < 1.29 is 9.21 Å². The van der Waals surface area contributed by atoms with E-state index in [1.807, 2.05) is 11.0 Å². The fourth-order valence-corrected chi connectivity index (χ4v) is 5.93. The van der Waals surface area contributed by atoms with Crippen LogP contribution in [-0.2, 0) is 5.41 Å². The summed E-state index contributed by atoms with van der Waals surface area (Å²) in [6.07, 6.45) is 14.3.